The molecule has 1 aliphatic rings. The highest BCUT2D eigenvalue weighted by atomic mass is 15.2. The second-order valence-electron chi connectivity index (χ2n) is 7.80. The van der Waals surface area contributed by atoms with Gasteiger partial charge in [0, 0.05) is 35.6 Å². The zero-order valence-electron chi connectivity index (χ0n) is 15.9. The molecular formula is C23H24N4. The molecule has 0 amide bonds. The third-order valence-corrected chi connectivity index (χ3v) is 5.80. The van der Waals surface area contributed by atoms with E-state index in [0.29, 0.717) is 5.92 Å². The molecule has 3 heterocycles. The summed E-state index contributed by atoms with van der Waals surface area (Å²) in [6.07, 6.45) is 4.48. The van der Waals surface area contributed by atoms with Crippen LogP contribution in [0.5, 0.6) is 0 Å². The van der Waals surface area contributed by atoms with Crippen LogP contribution < -0.4 is 0 Å². The summed E-state index contributed by atoms with van der Waals surface area (Å²) in [6, 6.07) is 17.5. The van der Waals surface area contributed by atoms with E-state index in [0.717, 1.165) is 11.0 Å². The lowest BCUT2D eigenvalue weighted by atomic mass is 9.92. The van der Waals surface area contributed by atoms with Gasteiger partial charge in [-0.15, -0.1) is 0 Å². The highest BCUT2D eigenvalue weighted by Gasteiger charge is 2.19. The number of aryl methyl sites for hydroxylation is 1. The first-order chi connectivity index (χ1) is 13.2. The fraction of sp³-hybridized carbons (Fsp3) is 0.304. The maximum atomic E-state index is 4.98. The highest BCUT2D eigenvalue weighted by Crippen LogP contribution is 2.30. The standard InChI is InChI=1S/C23H24N4/c1-26-11-9-16(10-12-26)21-7-5-19-13-17(3-6-22(19)24-21)18-4-8-23-20(14-18)15-27(2)25-23/h3-8,13-16H,9-12H2,1-2H3. The third kappa shape index (κ3) is 3.10. The normalized spacial score (nSPS) is 16.4. The van der Waals surface area contributed by atoms with Crippen LogP contribution in [0.4, 0.5) is 0 Å². The first-order valence-electron chi connectivity index (χ1n) is 9.69. The van der Waals surface area contributed by atoms with Crippen LogP contribution in [-0.2, 0) is 7.05 Å². The minimum absolute atomic E-state index is 0.596. The molecular weight excluding hydrogens is 332 g/mol. The fourth-order valence-corrected chi connectivity index (χ4v) is 4.18. The van der Waals surface area contributed by atoms with Gasteiger partial charge in [-0.25, -0.2) is 0 Å². The van der Waals surface area contributed by atoms with E-state index in [1.165, 1.54) is 53.5 Å². The minimum atomic E-state index is 0.596. The van der Waals surface area contributed by atoms with E-state index in [2.05, 4.69) is 71.8 Å². The van der Waals surface area contributed by atoms with E-state index in [1.807, 2.05) is 11.7 Å². The van der Waals surface area contributed by atoms with E-state index < -0.39 is 0 Å². The zero-order chi connectivity index (χ0) is 18.4. The molecule has 1 aliphatic heterocycles. The van der Waals surface area contributed by atoms with Gasteiger partial charge in [0.05, 0.1) is 11.0 Å². The molecule has 2 aromatic carbocycles. The molecule has 4 nitrogen and oxygen atoms in total. The predicted molar refractivity (Wildman–Crippen MR) is 111 cm³/mol. The summed E-state index contributed by atoms with van der Waals surface area (Å²) in [4.78, 5) is 7.39. The van der Waals surface area contributed by atoms with Crippen molar-refractivity contribution in [3.8, 4) is 11.1 Å². The summed E-state index contributed by atoms with van der Waals surface area (Å²) in [7, 11) is 4.16. The van der Waals surface area contributed by atoms with Crippen LogP contribution in [0.1, 0.15) is 24.5 Å². The highest BCUT2D eigenvalue weighted by molar-refractivity contribution is 5.88. The van der Waals surface area contributed by atoms with Gasteiger partial charge in [-0.1, -0.05) is 18.2 Å². The van der Waals surface area contributed by atoms with Crippen molar-refractivity contribution in [1.29, 1.82) is 0 Å². The summed E-state index contributed by atoms with van der Waals surface area (Å²) < 4.78 is 1.86. The Morgan fingerprint density at radius 2 is 1.52 bits per heavy atom. The first kappa shape index (κ1) is 16.5. The van der Waals surface area contributed by atoms with Crippen molar-refractivity contribution in [2.24, 2.45) is 7.05 Å². The quantitative estimate of drug-likeness (QED) is 0.526. The Balaban J connectivity index is 1.48. The number of pyridine rings is 1. The Morgan fingerprint density at radius 3 is 2.30 bits per heavy atom. The number of benzene rings is 2. The van der Waals surface area contributed by atoms with Crippen molar-refractivity contribution in [2.75, 3.05) is 20.1 Å². The molecule has 1 fully saturated rings. The summed E-state index contributed by atoms with van der Waals surface area (Å²) in [5.41, 5.74) is 5.82. The predicted octanol–water partition coefficient (Wildman–Crippen LogP) is 4.60. The summed E-state index contributed by atoms with van der Waals surface area (Å²) in [5, 5.41) is 6.84. The van der Waals surface area contributed by atoms with Gasteiger partial charge in [-0.2, -0.15) is 5.10 Å². The van der Waals surface area contributed by atoms with Gasteiger partial charge in [0.25, 0.3) is 0 Å². The van der Waals surface area contributed by atoms with Crippen LogP contribution in [0, 0.1) is 0 Å². The van der Waals surface area contributed by atoms with Crippen molar-refractivity contribution in [3.63, 3.8) is 0 Å². The van der Waals surface area contributed by atoms with Gasteiger partial charge in [0.1, 0.15) is 0 Å². The van der Waals surface area contributed by atoms with E-state index in [4.69, 9.17) is 4.98 Å². The molecule has 5 rings (SSSR count). The third-order valence-electron chi connectivity index (χ3n) is 5.80. The summed E-state index contributed by atoms with van der Waals surface area (Å²) in [5.74, 6) is 0.596. The first-order valence-corrected chi connectivity index (χ1v) is 9.69. The van der Waals surface area contributed by atoms with E-state index >= 15 is 0 Å². The lowest BCUT2D eigenvalue weighted by Gasteiger charge is -2.28. The van der Waals surface area contributed by atoms with Gasteiger partial charge in [-0.3, -0.25) is 9.67 Å². The molecule has 0 bridgehead atoms. The summed E-state index contributed by atoms with van der Waals surface area (Å²) >= 11 is 0. The topological polar surface area (TPSA) is 34.0 Å². The van der Waals surface area contributed by atoms with Crippen LogP contribution in [0.25, 0.3) is 32.9 Å². The average molecular weight is 356 g/mol. The van der Waals surface area contributed by atoms with E-state index in [9.17, 15) is 0 Å². The molecule has 136 valence electrons. The molecule has 2 aromatic heterocycles. The maximum Gasteiger partial charge on any atom is 0.0923 e. The second kappa shape index (κ2) is 6.46. The van der Waals surface area contributed by atoms with Gasteiger partial charge >= 0.3 is 0 Å². The number of rotatable bonds is 2. The smallest absolute Gasteiger partial charge is 0.0923 e. The van der Waals surface area contributed by atoms with Gasteiger partial charge in [-0.05, 0) is 74.4 Å². The van der Waals surface area contributed by atoms with Gasteiger partial charge < -0.3 is 4.90 Å². The number of hydrogen-bond acceptors (Lipinski definition) is 3. The molecule has 0 N–H and O–H groups in total. The number of likely N-dealkylation sites (tertiary alicyclic amines) is 1. The average Bonchev–Trinajstić information content (AvgIpc) is 3.07. The van der Waals surface area contributed by atoms with Crippen LogP contribution in [0.2, 0.25) is 0 Å². The lowest BCUT2D eigenvalue weighted by molar-refractivity contribution is 0.253. The van der Waals surface area contributed by atoms with Crippen molar-refractivity contribution in [1.82, 2.24) is 19.7 Å². The minimum Gasteiger partial charge on any atom is -0.306 e. The second-order valence-corrected chi connectivity index (χ2v) is 7.80. The van der Waals surface area contributed by atoms with Crippen LogP contribution >= 0.6 is 0 Å². The van der Waals surface area contributed by atoms with E-state index in [1.54, 1.807) is 0 Å². The Kier molecular flexibility index (Phi) is 3.94. The fourth-order valence-electron chi connectivity index (χ4n) is 4.18. The number of piperidine rings is 1. The largest absolute Gasteiger partial charge is 0.306 e. The molecule has 4 heteroatoms. The van der Waals surface area contributed by atoms with Crippen LogP contribution in [-0.4, -0.2) is 39.8 Å². The van der Waals surface area contributed by atoms with Crippen molar-refractivity contribution < 1.29 is 0 Å². The molecule has 1 saturated heterocycles. The SMILES string of the molecule is CN1CCC(c2ccc3cc(-c4ccc5nn(C)cc5c4)ccc3n2)CC1. The molecule has 0 saturated carbocycles. The Labute approximate surface area is 159 Å². The number of fused-ring (bicyclic) bond motifs is 2. The van der Waals surface area contributed by atoms with Crippen molar-refractivity contribution in [3.05, 3.63) is 60.4 Å². The number of hydrogen-bond donors (Lipinski definition) is 0. The molecule has 0 spiro atoms. The molecule has 0 radical (unpaired) electrons. The summed E-state index contributed by atoms with van der Waals surface area (Å²) in [6.45, 7) is 2.33. The number of nitrogens with zero attached hydrogens (tertiary/aromatic N) is 4. The Morgan fingerprint density at radius 1 is 0.815 bits per heavy atom. The number of aromatic nitrogens is 3. The van der Waals surface area contributed by atoms with Gasteiger partial charge in [0.15, 0.2) is 0 Å². The molecule has 0 unspecified atom stereocenters. The molecule has 0 aliphatic carbocycles. The maximum absolute atomic E-state index is 4.98. The molecule has 0 atom stereocenters. The molecule has 4 aromatic rings. The Bertz CT molecular complexity index is 1120. The van der Waals surface area contributed by atoms with Gasteiger partial charge in [0.2, 0.25) is 0 Å². The molecule has 27 heavy (non-hydrogen) atoms. The lowest BCUT2D eigenvalue weighted by Crippen LogP contribution is -2.29. The van der Waals surface area contributed by atoms with E-state index in [-0.39, 0.29) is 0 Å². The van der Waals surface area contributed by atoms with Crippen molar-refractivity contribution >= 4 is 21.8 Å². The van der Waals surface area contributed by atoms with Crippen molar-refractivity contribution in [2.45, 2.75) is 18.8 Å². The zero-order valence-corrected chi connectivity index (χ0v) is 15.9. The van der Waals surface area contributed by atoms with Crippen LogP contribution in [0.15, 0.2) is 54.7 Å². The van der Waals surface area contributed by atoms with Crippen LogP contribution in [0.3, 0.4) is 0 Å². The monoisotopic (exact) mass is 356 g/mol. The Hall–Kier alpha value is -2.72.